The quantitative estimate of drug-likeness (QED) is 0.393. The number of carbonyl (C=O) groups excluding carboxylic acids is 1. The molecule has 116 valence electrons. The van der Waals surface area contributed by atoms with Crippen LogP contribution >= 0.6 is 0 Å². The molecule has 0 atom stereocenters. The van der Waals surface area contributed by atoms with Gasteiger partial charge in [0.15, 0.2) is 0 Å². The van der Waals surface area contributed by atoms with E-state index in [0.717, 1.165) is 37.8 Å². The lowest BCUT2D eigenvalue weighted by molar-refractivity contribution is -0.384. The molecule has 0 spiro atoms. The predicted molar refractivity (Wildman–Crippen MR) is 82.2 cm³/mol. The molecule has 1 amide bonds. The SMILES string of the molecule is CNCCCC(=O)NCCCCc1ccc([N+](=O)[O-])cc1. The molecular weight excluding hydrogens is 270 g/mol. The maximum Gasteiger partial charge on any atom is 0.269 e. The monoisotopic (exact) mass is 293 g/mol. The smallest absolute Gasteiger partial charge is 0.269 e. The zero-order valence-corrected chi connectivity index (χ0v) is 12.4. The molecule has 0 aliphatic carbocycles. The van der Waals surface area contributed by atoms with Gasteiger partial charge in [0, 0.05) is 25.1 Å². The van der Waals surface area contributed by atoms with E-state index in [2.05, 4.69) is 10.6 Å². The van der Waals surface area contributed by atoms with Gasteiger partial charge in [-0.25, -0.2) is 0 Å². The van der Waals surface area contributed by atoms with E-state index in [1.807, 2.05) is 7.05 Å². The van der Waals surface area contributed by atoms with Gasteiger partial charge >= 0.3 is 0 Å². The van der Waals surface area contributed by atoms with Crippen molar-refractivity contribution in [3.8, 4) is 0 Å². The molecular formula is C15H23N3O3. The minimum atomic E-state index is -0.395. The molecule has 0 aliphatic heterocycles. The molecule has 0 saturated carbocycles. The number of rotatable bonds is 10. The number of hydrogen-bond donors (Lipinski definition) is 2. The Morgan fingerprint density at radius 2 is 1.86 bits per heavy atom. The molecule has 1 rings (SSSR count). The largest absolute Gasteiger partial charge is 0.356 e. The molecule has 1 aromatic rings. The standard InChI is InChI=1S/C15H23N3O3/c1-16-11-4-6-15(19)17-12-3-2-5-13-7-9-14(10-8-13)18(20)21/h7-10,16H,2-6,11-12H2,1H3,(H,17,19). The van der Waals surface area contributed by atoms with Crippen molar-refractivity contribution < 1.29 is 9.72 Å². The Bertz CT molecular complexity index is 446. The summed E-state index contributed by atoms with van der Waals surface area (Å²) in [4.78, 5) is 21.6. The van der Waals surface area contributed by atoms with Crippen LogP contribution < -0.4 is 10.6 Å². The van der Waals surface area contributed by atoms with E-state index in [9.17, 15) is 14.9 Å². The van der Waals surface area contributed by atoms with Crippen molar-refractivity contribution in [1.82, 2.24) is 10.6 Å². The Morgan fingerprint density at radius 1 is 1.14 bits per heavy atom. The summed E-state index contributed by atoms with van der Waals surface area (Å²) in [6.07, 6.45) is 4.14. The molecule has 6 nitrogen and oxygen atoms in total. The number of non-ortho nitro benzene ring substituents is 1. The summed E-state index contributed by atoms with van der Waals surface area (Å²) in [7, 11) is 1.87. The Kier molecular flexibility index (Phi) is 8.04. The lowest BCUT2D eigenvalue weighted by Gasteiger charge is -2.05. The highest BCUT2D eigenvalue weighted by Gasteiger charge is 2.04. The van der Waals surface area contributed by atoms with E-state index in [4.69, 9.17) is 0 Å². The number of nitro groups is 1. The zero-order valence-electron chi connectivity index (χ0n) is 12.4. The van der Waals surface area contributed by atoms with E-state index in [1.54, 1.807) is 12.1 Å². The summed E-state index contributed by atoms with van der Waals surface area (Å²) in [6, 6.07) is 6.63. The summed E-state index contributed by atoms with van der Waals surface area (Å²) in [6.45, 7) is 1.54. The van der Waals surface area contributed by atoms with Crippen molar-refractivity contribution in [2.75, 3.05) is 20.1 Å². The first-order chi connectivity index (χ1) is 10.1. The molecule has 0 fully saturated rings. The third-order valence-corrected chi connectivity index (χ3v) is 3.19. The minimum absolute atomic E-state index is 0.0978. The van der Waals surface area contributed by atoms with Crippen molar-refractivity contribution in [3.05, 3.63) is 39.9 Å². The molecule has 0 unspecified atom stereocenters. The molecule has 21 heavy (non-hydrogen) atoms. The van der Waals surface area contributed by atoms with Crippen LogP contribution in [0.25, 0.3) is 0 Å². The maximum absolute atomic E-state index is 11.4. The van der Waals surface area contributed by atoms with Gasteiger partial charge in [0.1, 0.15) is 0 Å². The lowest BCUT2D eigenvalue weighted by Crippen LogP contribution is -2.25. The summed E-state index contributed by atoms with van der Waals surface area (Å²) >= 11 is 0. The Balaban J connectivity index is 2.11. The third-order valence-electron chi connectivity index (χ3n) is 3.19. The highest BCUT2D eigenvalue weighted by atomic mass is 16.6. The van der Waals surface area contributed by atoms with Crippen LogP contribution in [0, 0.1) is 10.1 Å². The molecule has 0 bridgehead atoms. The summed E-state index contributed by atoms with van der Waals surface area (Å²) in [5.41, 5.74) is 1.20. The fourth-order valence-corrected chi connectivity index (χ4v) is 1.98. The molecule has 0 saturated heterocycles. The van der Waals surface area contributed by atoms with Crippen molar-refractivity contribution in [2.45, 2.75) is 32.1 Å². The van der Waals surface area contributed by atoms with Crippen LogP contribution in [-0.4, -0.2) is 31.0 Å². The van der Waals surface area contributed by atoms with Crippen molar-refractivity contribution in [2.24, 2.45) is 0 Å². The molecule has 2 N–H and O–H groups in total. The number of nitrogens with one attached hydrogen (secondary N) is 2. The Hall–Kier alpha value is -1.95. The number of carbonyl (C=O) groups is 1. The first kappa shape index (κ1) is 17.1. The van der Waals surface area contributed by atoms with Crippen molar-refractivity contribution in [1.29, 1.82) is 0 Å². The average Bonchev–Trinajstić information content (AvgIpc) is 2.47. The number of hydrogen-bond acceptors (Lipinski definition) is 4. The first-order valence-electron chi connectivity index (χ1n) is 7.28. The van der Waals surface area contributed by atoms with Gasteiger partial charge in [0.25, 0.3) is 5.69 Å². The molecule has 0 heterocycles. The van der Waals surface area contributed by atoms with E-state index >= 15 is 0 Å². The second-order valence-electron chi connectivity index (χ2n) is 4.94. The minimum Gasteiger partial charge on any atom is -0.356 e. The van der Waals surface area contributed by atoms with E-state index in [0.29, 0.717) is 13.0 Å². The highest BCUT2D eigenvalue weighted by Crippen LogP contribution is 2.13. The summed E-state index contributed by atoms with van der Waals surface area (Å²) < 4.78 is 0. The number of amides is 1. The van der Waals surface area contributed by atoms with Gasteiger partial charge in [-0.2, -0.15) is 0 Å². The number of nitrogens with zero attached hydrogens (tertiary/aromatic N) is 1. The number of unbranched alkanes of at least 4 members (excludes halogenated alkanes) is 1. The van der Waals surface area contributed by atoms with E-state index in [1.165, 1.54) is 12.1 Å². The fraction of sp³-hybridized carbons (Fsp3) is 0.533. The third kappa shape index (κ3) is 7.41. The summed E-state index contributed by atoms with van der Waals surface area (Å²) in [5, 5.41) is 16.4. The van der Waals surface area contributed by atoms with E-state index < -0.39 is 4.92 Å². The Labute approximate surface area is 125 Å². The molecule has 0 aliphatic rings. The normalized spacial score (nSPS) is 10.3. The van der Waals surface area contributed by atoms with Crippen LogP contribution in [0.1, 0.15) is 31.2 Å². The second-order valence-corrected chi connectivity index (χ2v) is 4.94. The van der Waals surface area contributed by atoms with Crippen LogP contribution in [0.5, 0.6) is 0 Å². The van der Waals surface area contributed by atoms with Crippen molar-refractivity contribution >= 4 is 11.6 Å². The number of aryl methyl sites for hydroxylation is 1. The van der Waals surface area contributed by atoms with Gasteiger partial charge in [-0.3, -0.25) is 14.9 Å². The summed E-state index contributed by atoms with van der Waals surface area (Å²) in [5.74, 6) is 0.0978. The van der Waals surface area contributed by atoms with Crippen LogP contribution in [0.3, 0.4) is 0 Å². The maximum atomic E-state index is 11.4. The van der Waals surface area contributed by atoms with Crippen molar-refractivity contribution in [3.63, 3.8) is 0 Å². The van der Waals surface area contributed by atoms with Crippen LogP contribution in [0.2, 0.25) is 0 Å². The van der Waals surface area contributed by atoms with Gasteiger partial charge in [-0.15, -0.1) is 0 Å². The number of nitro benzene ring substituents is 1. The van der Waals surface area contributed by atoms with Gasteiger partial charge < -0.3 is 10.6 Å². The van der Waals surface area contributed by atoms with Crippen LogP contribution in [0.4, 0.5) is 5.69 Å². The molecule has 1 aromatic carbocycles. The average molecular weight is 293 g/mol. The van der Waals surface area contributed by atoms with Gasteiger partial charge in [-0.05, 0) is 44.8 Å². The molecule has 6 heteroatoms. The topological polar surface area (TPSA) is 84.3 Å². The zero-order chi connectivity index (χ0) is 15.5. The highest BCUT2D eigenvalue weighted by molar-refractivity contribution is 5.75. The van der Waals surface area contributed by atoms with Gasteiger partial charge in [0.05, 0.1) is 4.92 Å². The molecule has 0 aromatic heterocycles. The number of benzene rings is 1. The van der Waals surface area contributed by atoms with E-state index in [-0.39, 0.29) is 11.6 Å². The lowest BCUT2D eigenvalue weighted by atomic mass is 10.1. The Morgan fingerprint density at radius 3 is 2.48 bits per heavy atom. The second kappa shape index (κ2) is 9.88. The molecule has 0 radical (unpaired) electrons. The van der Waals surface area contributed by atoms with Crippen LogP contribution in [0.15, 0.2) is 24.3 Å². The predicted octanol–water partition coefficient (Wildman–Crippen LogP) is 2.03. The van der Waals surface area contributed by atoms with Gasteiger partial charge in [-0.1, -0.05) is 12.1 Å². The van der Waals surface area contributed by atoms with Gasteiger partial charge in [0.2, 0.25) is 5.91 Å². The fourth-order valence-electron chi connectivity index (χ4n) is 1.98. The van der Waals surface area contributed by atoms with Crippen LogP contribution in [-0.2, 0) is 11.2 Å². The first-order valence-corrected chi connectivity index (χ1v) is 7.28.